The molecule has 0 saturated carbocycles. The molecule has 126 valence electrons. The van der Waals surface area contributed by atoms with Crippen molar-refractivity contribution in [2.45, 2.75) is 26.1 Å². The largest absolute Gasteiger partial charge is 0.508 e. The molecule has 2 rings (SSSR count). The number of methoxy groups -OCH3 is 1. The fourth-order valence-electron chi connectivity index (χ4n) is 2.07. The Hall–Kier alpha value is -2.52. The van der Waals surface area contributed by atoms with Crippen LogP contribution >= 0.6 is 0 Å². The Morgan fingerprint density at radius 2 is 1.42 bits per heavy atom. The van der Waals surface area contributed by atoms with Crippen molar-refractivity contribution < 1.29 is 14.6 Å². The van der Waals surface area contributed by atoms with Gasteiger partial charge in [-0.25, -0.2) is 0 Å². The number of hydrogen-bond acceptors (Lipinski definition) is 3. The molecule has 0 aromatic heterocycles. The summed E-state index contributed by atoms with van der Waals surface area (Å²) in [7, 11) is 1.65. The van der Waals surface area contributed by atoms with Gasteiger partial charge in [0.25, 0.3) is 0 Å². The van der Waals surface area contributed by atoms with Crippen molar-refractivity contribution in [3.63, 3.8) is 0 Å². The van der Waals surface area contributed by atoms with E-state index in [4.69, 9.17) is 9.47 Å². The molecule has 24 heavy (non-hydrogen) atoms. The average molecular weight is 324 g/mol. The second kappa shape index (κ2) is 8.37. The first kappa shape index (κ1) is 17.8. The van der Waals surface area contributed by atoms with Crippen molar-refractivity contribution in [3.05, 3.63) is 71.8 Å². The number of aromatic hydroxyl groups is 1. The van der Waals surface area contributed by atoms with Crippen LogP contribution in [0.2, 0.25) is 0 Å². The van der Waals surface area contributed by atoms with Gasteiger partial charge in [-0.3, -0.25) is 0 Å². The SMILES string of the molecule is CCC(C)(OC)Oc1ccc(C=CC=Cc2ccc(O)cc2)cc1. The summed E-state index contributed by atoms with van der Waals surface area (Å²) >= 11 is 0. The van der Waals surface area contributed by atoms with E-state index in [0.29, 0.717) is 0 Å². The van der Waals surface area contributed by atoms with Crippen LogP contribution in [0.1, 0.15) is 31.4 Å². The van der Waals surface area contributed by atoms with E-state index in [9.17, 15) is 5.11 Å². The molecule has 1 N–H and O–H groups in total. The summed E-state index contributed by atoms with van der Waals surface area (Å²) in [5.41, 5.74) is 2.13. The Balaban J connectivity index is 1.94. The fraction of sp³-hybridized carbons (Fsp3) is 0.238. The van der Waals surface area contributed by atoms with Crippen molar-refractivity contribution in [1.29, 1.82) is 0 Å². The van der Waals surface area contributed by atoms with Crippen molar-refractivity contribution in [1.82, 2.24) is 0 Å². The number of hydrogen-bond donors (Lipinski definition) is 1. The summed E-state index contributed by atoms with van der Waals surface area (Å²) in [6, 6.07) is 15.0. The number of phenols is 1. The molecule has 1 unspecified atom stereocenters. The van der Waals surface area contributed by atoms with Gasteiger partial charge in [-0.2, -0.15) is 0 Å². The van der Waals surface area contributed by atoms with Crippen LogP contribution in [-0.2, 0) is 4.74 Å². The zero-order chi connectivity index (χ0) is 17.4. The monoisotopic (exact) mass is 324 g/mol. The van der Waals surface area contributed by atoms with E-state index in [1.54, 1.807) is 19.2 Å². The highest BCUT2D eigenvalue weighted by Gasteiger charge is 2.22. The van der Waals surface area contributed by atoms with Gasteiger partial charge in [-0.05, 0) is 35.4 Å². The summed E-state index contributed by atoms with van der Waals surface area (Å²) in [4.78, 5) is 0. The summed E-state index contributed by atoms with van der Waals surface area (Å²) in [6.07, 6.45) is 8.73. The third-order valence-corrected chi connectivity index (χ3v) is 3.87. The number of ether oxygens (including phenoxy) is 2. The predicted octanol–water partition coefficient (Wildman–Crippen LogP) is 5.27. The van der Waals surface area contributed by atoms with E-state index in [-0.39, 0.29) is 5.75 Å². The lowest BCUT2D eigenvalue weighted by atomic mass is 10.1. The quantitative estimate of drug-likeness (QED) is 0.557. The van der Waals surface area contributed by atoms with E-state index in [1.165, 1.54) is 0 Å². The van der Waals surface area contributed by atoms with Crippen molar-refractivity contribution in [3.8, 4) is 11.5 Å². The number of benzene rings is 2. The van der Waals surface area contributed by atoms with Gasteiger partial charge in [0.1, 0.15) is 11.5 Å². The zero-order valence-electron chi connectivity index (χ0n) is 14.4. The third kappa shape index (κ3) is 5.28. The van der Waals surface area contributed by atoms with Crippen LogP contribution in [0.4, 0.5) is 0 Å². The summed E-state index contributed by atoms with van der Waals surface area (Å²) in [6.45, 7) is 3.95. The van der Waals surface area contributed by atoms with E-state index in [0.717, 1.165) is 23.3 Å². The maximum Gasteiger partial charge on any atom is 0.207 e. The van der Waals surface area contributed by atoms with Gasteiger partial charge < -0.3 is 14.6 Å². The van der Waals surface area contributed by atoms with Crippen molar-refractivity contribution >= 4 is 12.2 Å². The zero-order valence-corrected chi connectivity index (χ0v) is 14.4. The molecule has 0 radical (unpaired) electrons. The Bertz CT molecular complexity index is 678. The van der Waals surface area contributed by atoms with Gasteiger partial charge in [0.05, 0.1) is 0 Å². The molecule has 3 heteroatoms. The van der Waals surface area contributed by atoms with Gasteiger partial charge in [0.15, 0.2) is 0 Å². The molecule has 3 nitrogen and oxygen atoms in total. The molecular formula is C21H24O3. The minimum absolute atomic E-state index is 0.276. The van der Waals surface area contributed by atoms with E-state index < -0.39 is 5.79 Å². The molecule has 0 fully saturated rings. The Labute approximate surface area is 143 Å². The lowest BCUT2D eigenvalue weighted by molar-refractivity contribution is -0.151. The highest BCUT2D eigenvalue weighted by molar-refractivity contribution is 5.57. The van der Waals surface area contributed by atoms with Crippen LogP contribution in [0.25, 0.3) is 12.2 Å². The topological polar surface area (TPSA) is 38.7 Å². The van der Waals surface area contributed by atoms with Crippen LogP contribution in [-0.4, -0.2) is 18.0 Å². The highest BCUT2D eigenvalue weighted by Crippen LogP contribution is 2.22. The molecule has 1 atom stereocenters. The van der Waals surface area contributed by atoms with Crippen molar-refractivity contribution in [2.24, 2.45) is 0 Å². The third-order valence-electron chi connectivity index (χ3n) is 3.87. The minimum Gasteiger partial charge on any atom is -0.508 e. The van der Waals surface area contributed by atoms with Crippen LogP contribution in [0.3, 0.4) is 0 Å². The number of allylic oxidation sites excluding steroid dienone is 2. The second-order valence-electron chi connectivity index (χ2n) is 5.67. The van der Waals surface area contributed by atoms with E-state index >= 15 is 0 Å². The molecule has 0 aliphatic rings. The fourth-order valence-corrected chi connectivity index (χ4v) is 2.07. The van der Waals surface area contributed by atoms with Crippen LogP contribution in [0.15, 0.2) is 60.7 Å². The summed E-state index contributed by atoms with van der Waals surface area (Å²) < 4.78 is 11.3. The van der Waals surface area contributed by atoms with Gasteiger partial charge in [-0.1, -0.05) is 55.5 Å². The Morgan fingerprint density at radius 1 is 0.917 bits per heavy atom. The standard InChI is InChI=1S/C21H24O3/c1-4-21(2,23-3)24-20-15-11-18(12-16-20)8-6-5-7-17-9-13-19(22)14-10-17/h5-16,22H,4H2,1-3H3. The lowest BCUT2D eigenvalue weighted by Gasteiger charge is -2.27. The van der Waals surface area contributed by atoms with Gasteiger partial charge in [0.2, 0.25) is 5.79 Å². The molecule has 2 aromatic carbocycles. The van der Waals surface area contributed by atoms with Gasteiger partial charge >= 0.3 is 0 Å². The molecule has 0 spiro atoms. The average Bonchev–Trinajstić information content (AvgIpc) is 2.61. The number of rotatable bonds is 7. The molecule has 2 aromatic rings. The first-order valence-electron chi connectivity index (χ1n) is 8.02. The molecule has 0 amide bonds. The smallest absolute Gasteiger partial charge is 0.207 e. The summed E-state index contributed by atoms with van der Waals surface area (Å²) in [5, 5.41) is 9.25. The maximum absolute atomic E-state index is 9.25. The first-order chi connectivity index (χ1) is 11.5. The normalized spacial score (nSPS) is 14.1. The molecule has 0 aliphatic heterocycles. The van der Waals surface area contributed by atoms with Gasteiger partial charge in [0, 0.05) is 20.5 Å². The van der Waals surface area contributed by atoms with Crippen LogP contribution in [0.5, 0.6) is 11.5 Å². The lowest BCUT2D eigenvalue weighted by Crippen LogP contribution is -2.33. The maximum atomic E-state index is 9.25. The van der Waals surface area contributed by atoms with Crippen molar-refractivity contribution in [2.75, 3.05) is 7.11 Å². The minimum atomic E-state index is -0.593. The van der Waals surface area contributed by atoms with E-state index in [1.807, 2.05) is 74.5 Å². The van der Waals surface area contributed by atoms with Crippen LogP contribution in [0, 0.1) is 0 Å². The first-order valence-corrected chi connectivity index (χ1v) is 8.02. The molecule has 0 saturated heterocycles. The highest BCUT2D eigenvalue weighted by atomic mass is 16.7. The Kier molecular flexibility index (Phi) is 6.21. The molecule has 0 bridgehead atoms. The predicted molar refractivity (Wildman–Crippen MR) is 98.9 cm³/mol. The Morgan fingerprint density at radius 3 is 1.88 bits per heavy atom. The summed E-state index contributed by atoms with van der Waals surface area (Å²) in [5.74, 6) is 0.472. The molecular weight excluding hydrogens is 300 g/mol. The number of phenolic OH excluding ortho intramolecular Hbond substituents is 1. The van der Waals surface area contributed by atoms with Gasteiger partial charge in [-0.15, -0.1) is 0 Å². The second-order valence-corrected chi connectivity index (χ2v) is 5.67. The van der Waals surface area contributed by atoms with E-state index in [2.05, 4.69) is 0 Å². The molecule has 0 aliphatic carbocycles. The van der Waals surface area contributed by atoms with Crippen LogP contribution < -0.4 is 4.74 Å². The molecule has 0 heterocycles.